The summed E-state index contributed by atoms with van der Waals surface area (Å²) >= 11 is 3.56. The van der Waals surface area contributed by atoms with Crippen molar-refractivity contribution in [1.82, 2.24) is 15.5 Å². The molecule has 136 valence electrons. The molecule has 0 saturated carbocycles. The van der Waals surface area contributed by atoms with Crippen LogP contribution in [-0.2, 0) is 11.3 Å². The minimum Gasteiger partial charge on any atom is -0.356 e. The van der Waals surface area contributed by atoms with Crippen LogP contribution in [0.4, 0.5) is 0 Å². The van der Waals surface area contributed by atoms with E-state index in [0.717, 1.165) is 17.0 Å². The summed E-state index contributed by atoms with van der Waals surface area (Å²) in [7, 11) is 3.73. The molecule has 24 heavy (non-hydrogen) atoms. The van der Waals surface area contributed by atoms with Gasteiger partial charge in [-0.25, -0.2) is 0 Å². The molecule has 0 atom stereocenters. The lowest BCUT2D eigenvalue weighted by Gasteiger charge is -2.28. The first-order chi connectivity index (χ1) is 10.8. The molecule has 0 aromatic heterocycles. The van der Waals surface area contributed by atoms with Gasteiger partial charge < -0.3 is 15.5 Å². The van der Waals surface area contributed by atoms with Crippen LogP contribution in [0.5, 0.6) is 0 Å². The van der Waals surface area contributed by atoms with Gasteiger partial charge in [0.1, 0.15) is 0 Å². The molecule has 0 unspecified atom stereocenters. The van der Waals surface area contributed by atoms with Gasteiger partial charge >= 0.3 is 0 Å². The van der Waals surface area contributed by atoms with Crippen LogP contribution in [0.1, 0.15) is 26.3 Å². The molecule has 0 radical (unpaired) electrons. The van der Waals surface area contributed by atoms with E-state index >= 15 is 0 Å². The number of amides is 1. The molecule has 0 aliphatic rings. The van der Waals surface area contributed by atoms with Crippen molar-refractivity contribution < 1.29 is 4.79 Å². The Bertz CT molecular complexity index is 563. The van der Waals surface area contributed by atoms with Gasteiger partial charge in [-0.05, 0) is 32.4 Å². The smallest absolute Gasteiger partial charge is 0.227 e. The maximum absolute atomic E-state index is 12.1. The largest absolute Gasteiger partial charge is 0.356 e. The van der Waals surface area contributed by atoms with Crippen molar-refractivity contribution in [2.75, 3.05) is 27.2 Å². The van der Waals surface area contributed by atoms with E-state index in [4.69, 9.17) is 0 Å². The van der Waals surface area contributed by atoms with E-state index in [1.54, 1.807) is 7.05 Å². The predicted octanol–water partition coefficient (Wildman–Crippen LogP) is 3.24. The lowest BCUT2D eigenvalue weighted by molar-refractivity contribution is -0.128. The second kappa shape index (κ2) is 10.9. The monoisotopic (exact) mass is 510 g/mol. The SMILES string of the molecule is CCNC(=O)C(C)(C)CNC(=NC)N(C)Cc1ccccc1Br.I. The van der Waals surface area contributed by atoms with Gasteiger partial charge in [-0.2, -0.15) is 0 Å². The quantitative estimate of drug-likeness (QED) is 0.351. The van der Waals surface area contributed by atoms with E-state index in [2.05, 4.69) is 37.6 Å². The fourth-order valence-corrected chi connectivity index (χ4v) is 2.53. The first-order valence-electron chi connectivity index (χ1n) is 7.75. The molecule has 1 aromatic carbocycles. The molecule has 0 aliphatic carbocycles. The van der Waals surface area contributed by atoms with E-state index in [-0.39, 0.29) is 29.9 Å². The number of carbonyl (C=O) groups is 1. The highest BCUT2D eigenvalue weighted by Gasteiger charge is 2.27. The third-order valence-electron chi connectivity index (χ3n) is 3.58. The van der Waals surface area contributed by atoms with E-state index in [1.807, 2.05) is 50.9 Å². The molecule has 0 saturated heterocycles. The molecule has 1 rings (SSSR count). The number of nitrogens with one attached hydrogen (secondary N) is 2. The molecule has 5 nitrogen and oxygen atoms in total. The van der Waals surface area contributed by atoms with Gasteiger partial charge in [-0.1, -0.05) is 34.1 Å². The molecule has 0 fully saturated rings. The van der Waals surface area contributed by atoms with Gasteiger partial charge in [-0.15, -0.1) is 24.0 Å². The minimum absolute atomic E-state index is 0. The summed E-state index contributed by atoms with van der Waals surface area (Å²) in [6.07, 6.45) is 0. The van der Waals surface area contributed by atoms with E-state index in [9.17, 15) is 4.79 Å². The Hall–Kier alpha value is -0.830. The zero-order valence-electron chi connectivity index (χ0n) is 15.0. The van der Waals surface area contributed by atoms with Gasteiger partial charge in [0.15, 0.2) is 5.96 Å². The molecule has 2 N–H and O–H groups in total. The molecule has 0 aliphatic heterocycles. The number of benzene rings is 1. The number of rotatable bonds is 6. The number of aliphatic imine (C=N–C) groups is 1. The zero-order chi connectivity index (χ0) is 17.5. The van der Waals surface area contributed by atoms with Crippen molar-refractivity contribution in [1.29, 1.82) is 0 Å². The second-order valence-electron chi connectivity index (χ2n) is 6.09. The summed E-state index contributed by atoms with van der Waals surface area (Å²) in [5, 5.41) is 6.15. The molecule has 0 spiro atoms. The first-order valence-corrected chi connectivity index (χ1v) is 8.54. The van der Waals surface area contributed by atoms with Crippen LogP contribution in [0.25, 0.3) is 0 Å². The molecule has 1 aromatic rings. The van der Waals surface area contributed by atoms with Crippen LogP contribution in [0, 0.1) is 5.41 Å². The normalized spacial score (nSPS) is 11.5. The number of nitrogens with zero attached hydrogens (tertiary/aromatic N) is 2. The zero-order valence-corrected chi connectivity index (χ0v) is 18.9. The lowest BCUT2D eigenvalue weighted by atomic mass is 9.92. The average Bonchev–Trinajstić information content (AvgIpc) is 2.50. The van der Waals surface area contributed by atoms with Crippen LogP contribution in [0.3, 0.4) is 0 Å². The number of halogens is 2. The van der Waals surface area contributed by atoms with Gasteiger partial charge in [-0.3, -0.25) is 9.79 Å². The topological polar surface area (TPSA) is 56.7 Å². The summed E-state index contributed by atoms with van der Waals surface area (Å²) in [5.74, 6) is 0.800. The number of hydrogen-bond donors (Lipinski definition) is 2. The lowest BCUT2D eigenvalue weighted by Crippen LogP contribution is -2.48. The Morgan fingerprint density at radius 1 is 1.29 bits per heavy atom. The fraction of sp³-hybridized carbons (Fsp3) is 0.529. The molecule has 1 amide bonds. The van der Waals surface area contributed by atoms with Crippen molar-refractivity contribution in [2.24, 2.45) is 10.4 Å². The molecule has 0 bridgehead atoms. The summed E-state index contributed by atoms with van der Waals surface area (Å²) < 4.78 is 1.07. The Morgan fingerprint density at radius 2 is 1.92 bits per heavy atom. The van der Waals surface area contributed by atoms with E-state index < -0.39 is 5.41 Å². The van der Waals surface area contributed by atoms with Crippen LogP contribution in [-0.4, -0.2) is 44.0 Å². The highest BCUT2D eigenvalue weighted by molar-refractivity contribution is 14.0. The van der Waals surface area contributed by atoms with Crippen LogP contribution >= 0.6 is 39.9 Å². The molecule has 7 heteroatoms. The Morgan fingerprint density at radius 3 is 2.46 bits per heavy atom. The average molecular weight is 511 g/mol. The molecule has 0 heterocycles. The Kier molecular flexibility index (Phi) is 10.5. The summed E-state index contributed by atoms with van der Waals surface area (Å²) in [4.78, 5) is 18.4. The number of guanidine groups is 1. The van der Waals surface area contributed by atoms with Crippen LogP contribution in [0.2, 0.25) is 0 Å². The van der Waals surface area contributed by atoms with Crippen molar-refractivity contribution in [3.8, 4) is 0 Å². The maximum Gasteiger partial charge on any atom is 0.227 e. The third-order valence-corrected chi connectivity index (χ3v) is 4.35. The van der Waals surface area contributed by atoms with Gasteiger partial charge in [0, 0.05) is 38.2 Å². The van der Waals surface area contributed by atoms with Gasteiger partial charge in [0.2, 0.25) is 5.91 Å². The highest BCUT2D eigenvalue weighted by atomic mass is 127. The fourth-order valence-electron chi connectivity index (χ4n) is 2.12. The second-order valence-corrected chi connectivity index (χ2v) is 6.95. The Balaban J connectivity index is 0.00000529. The summed E-state index contributed by atoms with van der Waals surface area (Å²) in [6, 6.07) is 8.11. The third kappa shape index (κ3) is 6.96. The number of carbonyl (C=O) groups excluding carboxylic acids is 1. The summed E-state index contributed by atoms with van der Waals surface area (Å²) in [6.45, 7) is 7.65. The van der Waals surface area contributed by atoms with Gasteiger partial charge in [0.05, 0.1) is 5.41 Å². The van der Waals surface area contributed by atoms with Crippen molar-refractivity contribution in [3.05, 3.63) is 34.3 Å². The Labute approximate surface area is 170 Å². The van der Waals surface area contributed by atoms with Crippen LogP contribution in [0.15, 0.2) is 33.7 Å². The van der Waals surface area contributed by atoms with Gasteiger partial charge in [0.25, 0.3) is 0 Å². The van der Waals surface area contributed by atoms with E-state index in [0.29, 0.717) is 13.1 Å². The number of hydrogen-bond acceptors (Lipinski definition) is 2. The maximum atomic E-state index is 12.1. The van der Waals surface area contributed by atoms with Crippen molar-refractivity contribution >= 4 is 51.8 Å². The molecular formula is C17H28BrIN4O. The molecular weight excluding hydrogens is 483 g/mol. The first kappa shape index (κ1) is 23.2. The standard InChI is InChI=1S/C17H27BrN4O.HI/c1-6-20-15(23)17(2,3)12-21-16(19-4)22(5)11-13-9-7-8-10-14(13)18;/h7-10H,6,11-12H2,1-5H3,(H,19,21)(H,20,23);1H. The van der Waals surface area contributed by atoms with E-state index in [1.165, 1.54) is 5.56 Å². The minimum atomic E-state index is -0.500. The van der Waals surface area contributed by atoms with Crippen molar-refractivity contribution in [2.45, 2.75) is 27.3 Å². The predicted molar refractivity (Wildman–Crippen MR) is 115 cm³/mol. The summed E-state index contributed by atoms with van der Waals surface area (Å²) in [5.41, 5.74) is 0.682. The van der Waals surface area contributed by atoms with Crippen LogP contribution < -0.4 is 10.6 Å². The van der Waals surface area contributed by atoms with Crippen molar-refractivity contribution in [3.63, 3.8) is 0 Å². The highest BCUT2D eigenvalue weighted by Crippen LogP contribution is 2.18.